The molecule has 0 atom stereocenters. The van der Waals surface area contributed by atoms with Gasteiger partial charge in [-0.05, 0) is 160 Å². The standard InChI is InChI=1S/C14H19F3O6.C10H14ClF3O4.C8H13F3O3.C7H9ClO2.C6H15N.C5H8O.C3H5ClO/c1-8(2)10(19)20-7-9(18)21-14(13(15,16)17)22-11(3,4)12(5,6)23-14;1-7(2)8(3,4)18-10(17-7,9(12,13)14)16-6(15)5-11;1-5(2)6(3,4)14-8(12,13-5)7(9,10)11;1-5(2)6(3)10-4-7(8)9;1-4-7(5-2)6-3;1-4(2)5(3)6;1-3(5)2-4/h1,7H2,2-6H3;5H2,1-4H3;12H,1-4H3;1,3-4H2,2H3;4-6H2,1-3H3;1H2,2-3H3;2H2,1H3. The fourth-order valence-corrected chi connectivity index (χ4v) is 5.03. The van der Waals surface area contributed by atoms with Crippen molar-refractivity contribution in [2.75, 3.05) is 44.6 Å². The number of rotatable bonds is 15. The van der Waals surface area contributed by atoms with Crippen LogP contribution in [0.2, 0.25) is 0 Å². The number of aliphatic hydroxyl groups is 1. The number of Topliss-reactive ketones (excluding diaryl/α,β-unsaturated/α-hetero) is 2. The number of carbonyl (C=O) groups is 6. The first kappa shape index (κ1) is 85.5. The molecule has 1 N–H and O–H groups in total. The lowest BCUT2D eigenvalue weighted by atomic mass is 9.90. The van der Waals surface area contributed by atoms with Crippen molar-refractivity contribution >= 4 is 69.5 Å². The fourth-order valence-electron chi connectivity index (χ4n) is 4.92. The fraction of sp³-hybridized carbons (Fsp3) is 0.736. The van der Waals surface area contributed by atoms with E-state index < -0.39 is 106 Å². The minimum atomic E-state index is -5.15. The number of carbonyl (C=O) groups excluding carboxylic acids is 6. The number of ketones is 2. The van der Waals surface area contributed by atoms with Crippen LogP contribution in [0.25, 0.3) is 0 Å². The van der Waals surface area contributed by atoms with Crippen LogP contribution >= 0.6 is 34.8 Å². The number of halogens is 12. The first-order valence-electron chi connectivity index (χ1n) is 24.8. The van der Waals surface area contributed by atoms with Crippen LogP contribution in [0.1, 0.15) is 138 Å². The van der Waals surface area contributed by atoms with Crippen molar-refractivity contribution in [1.29, 1.82) is 0 Å². The molecule has 0 bridgehead atoms. The molecule has 3 aliphatic rings. The summed E-state index contributed by atoms with van der Waals surface area (Å²) in [7, 11) is 0. The molecule has 0 aromatic carbocycles. The Morgan fingerprint density at radius 1 is 0.482 bits per heavy atom. The lowest BCUT2D eigenvalue weighted by Crippen LogP contribution is -2.52. The summed E-state index contributed by atoms with van der Waals surface area (Å²) in [5.74, 6) is -14.3. The monoisotopic (exact) mass is 1280 g/mol. The Balaban J connectivity index is -0.000000467. The largest absolute Gasteiger partial charge is 0.486 e. The molecule has 0 unspecified atom stereocenters. The van der Waals surface area contributed by atoms with Crippen LogP contribution in [0.15, 0.2) is 48.8 Å². The third-order valence-corrected chi connectivity index (χ3v) is 12.7. The Morgan fingerprint density at radius 2 is 0.771 bits per heavy atom. The lowest BCUT2D eigenvalue weighted by Gasteiger charge is -2.29. The Kier molecular flexibility index (Phi) is 34.3. The maximum absolute atomic E-state index is 13.3. The van der Waals surface area contributed by atoms with Gasteiger partial charge in [0.05, 0.1) is 39.5 Å². The predicted octanol–water partition coefficient (Wildman–Crippen LogP) is 12.0. The molecule has 0 amide bonds. The number of allylic oxidation sites excluding steroid dienone is 2. The van der Waals surface area contributed by atoms with Crippen molar-refractivity contribution < 1.29 is 121 Å². The van der Waals surface area contributed by atoms with Crippen molar-refractivity contribution in [3.05, 3.63) is 48.8 Å². The molecular weight excluding hydrogens is 1200 g/mol. The van der Waals surface area contributed by atoms with Gasteiger partial charge in [-0.2, -0.15) is 39.5 Å². The van der Waals surface area contributed by atoms with Gasteiger partial charge in [0.25, 0.3) is 5.24 Å². The highest BCUT2D eigenvalue weighted by Crippen LogP contribution is 2.53. The molecule has 3 rings (SSSR count). The van der Waals surface area contributed by atoms with Crippen LogP contribution in [0.5, 0.6) is 0 Å². The molecule has 0 aromatic rings. The van der Waals surface area contributed by atoms with Crippen LogP contribution < -0.4 is 0 Å². The predicted molar refractivity (Wildman–Crippen MR) is 289 cm³/mol. The summed E-state index contributed by atoms with van der Waals surface area (Å²) >= 11 is 15.1. The molecule has 3 fully saturated rings. The molecule has 0 spiro atoms. The third kappa shape index (κ3) is 27.6. The smallest absolute Gasteiger partial charge is 0.485 e. The van der Waals surface area contributed by atoms with Gasteiger partial charge >= 0.3 is 54.4 Å². The summed E-state index contributed by atoms with van der Waals surface area (Å²) in [6.07, 6.45) is -15.1. The van der Waals surface area contributed by atoms with Gasteiger partial charge in [0.1, 0.15) is 17.4 Å². The Labute approximate surface area is 495 Å². The molecule has 3 aliphatic heterocycles. The second kappa shape index (κ2) is 33.3. The van der Waals surface area contributed by atoms with Gasteiger partial charge in [0.15, 0.2) is 19.0 Å². The van der Waals surface area contributed by atoms with Gasteiger partial charge < -0.3 is 57.4 Å². The number of hydrogen-bond donors (Lipinski definition) is 1. The van der Waals surface area contributed by atoms with Gasteiger partial charge in [-0.15, -0.1) is 23.2 Å². The van der Waals surface area contributed by atoms with Crippen LogP contribution in [0, 0.1) is 0 Å². The minimum absolute atomic E-state index is 0.0148. The zero-order valence-corrected chi connectivity index (χ0v) is 53.0. The third-order valence-electron chi connectivity index (χ3n) is 12.0. The van der Waals surface area contributed by atoms with Crippen molar-refractivity contribution in [2.45, 2.75) is 209 Å². The zero-order chi connectivity index (χ0) is 67.4. The van der Waals surface area contributed by atoms with E-state index in [1.165, 1.54) is 123 Å². The highest BCUT2D eigenvalue weighted by atomic mass is 35.5. The maximum Gasteiger partial charge on any atom is 0.486 e. The summed E-state index contributed by atoms with van der Waals surface area (Å²) in [5.41, 5.74) is -6.50. The van der Waals surface area contributed by atoms with Crippen LogP contribution in [-0.2, 0) is 76.1 Å². The van der Waals surface area contributed by atoms with Gasteiger partial charge in [0.2, 0.25) is 0 Å². The van der Waals surface area contributed by atoms with Crippen molar-refractivity contribution in [3.8, 4) is 0 Å². The molecule has 30 heteroatoms. The average Bonchev–Trinajstić information content (AvgIpc) is 3.71. The van der Waals surface area contributed by atoms with Gasteiger partial charge in [-0.1, -0.05) is 47.1 Å². The van der Waals surface area contributed by atoms with Crippen molar-refractivity contribution in [3.63, 3.8) is 0 Å². The maximum atomic E-state index is 13.3. The SMILES string of the molecule is C=C(C)C(=C)OCC(=O)Cl.C=C(C)C(=O)OCC(=O)OC1(C(F)(F)F)OC(C)(C)C(C)(C)O1.C=C(C)C(C)=O.CC(=O)CCl.CC1(C)OC(O)(C(F)(F)F)OC1(C)C.CC1(C)OC(OC(=O)CCl)(C(F)(F)F)OC1(C)C.CCN(CC)CC. The van der Waals surface area contributed by atoms with E-state index in [-0.39, 0.29) is 29.6 Å². The van der Waals surface area contributed by atoms with E-state index in [2.05, 4.69) is 75.7 Å². The summed E-state index contributed by atoms with van der Waals surface area (Å²) < 4.78 is 162. The quantitative estimate of drug-likeness (QED) is 0.0235. The van der Waals surface area contributed by atoms with E-state index in [1.807, 2.05) is 0 Å². The molecule has 3 saturated heterocycles. The molecule has 0 saturated carbocycles. The molecule has 0 radical (unpaired) electrons. The summed E-state index contributed by atoms with van der Waals surface area (Å²) in [4.78, 5) is 66.0. The van der Waals surface area contributed by atoms with E-state index in [1.54, 1.807) is 13.8 Å². The van der Waals surface area contributed by atoms with E-state index >= 15 is 0 Å². The Hall–Kier alpha value is -3.90. The zero-order valence-electron chi connectivity index (χ0n) is 50.7. The summed E-state index contributed by atoms with van der Waals surface area (Å²) in [6, 6.07) is 0. The average molecular weight is 1280 g/mol. The molecule has 18 nitrogen and oxygen atoms in total. The molecule has 3 heterocycles. The Morgan fingerprint density at radius 3 is 0.952 bits per heavy atom. The Bertz CT molecular complexity index is 2160. The first-order chi connectivity index (χ1) is 36.7. The van der Waals surface area contributed by atoms with Crippen LogP contribution in [-0.4, -0.2) is 159 Å². The number of alkyl halides is 11. The molecule has 0 aromatic heterocycles. The van der Waals surface area contributed by atoms with Crippen LogP contribution in [0.3, 0.4) is 0 Å². The summed E-state index contributed by atoms with van der Waals surface area (Å²) in [6.45, 7) is 47.2. The van der Waals surface area contributed by atoms with E-state index in [9.17, 15) is 68.3 Å². The number of hydrogen-bond acceptors (Lipinski definition) is 18. The highest BCUT2D eigenvalue weighted by Gasteiger charge is 2.75. The van der Waals surface area contributed by atoms with Gasteiger partial charge in [-0.25, -0.2) is 9.59 Å². The lowest BCUT2D eigenvalue weighted by molar-refractivity contribution is -0.449. The molecule has 0 aliphatic carbocycles. The van der Waals surface area contributed by atoms with Gasteiger partial charge in [0, 0.05) is 5.57 Å². The second-order valence-electron chi connectivity index (χ2n) is 20.9. The highest BCUT2D eigenvalue weighted by molar-refractivity contribution is 6.63. The second-order valence-corrected chi connectivity index (χ2v) is 21.9. The molecular formula is C53H83Cl3F9NO17. The molecule has 83 heavy (non-hydrogen) atoms. The molecule has 486 valence electrons. The number of nitrogens with zero attached hydrogens (tertiary/aromatic N) is 1. The van der Waals surface area contributed by atoms with E-state index in [0.717, 1.165) is 0 Å². The number of esters is 3. The van der Waals surface area contributed by atoms with Crippen molar-refractivity contribution in [2.24, 2.45) is 0 Å². The first-order valence-corrected chi connectivity index (χ1v) is 26.2. The van der Waals surface area contributed by atoms with E-state index in [4.69, 9.17) is 63.6 Å². The minimum Gasteiger partial charge on any atom is -0.485 e. The normalized spacial score (nSPS) is 19.2. The van der Waals surface area contributed by atoms with Gasteiger partial charge in [-0.3, -0.25) is 19.2 Å². The van der Waals surface area contributed by atoms with E-state index in [0.29, 0.717) is 16.9 Å². The number of ether oxygens (including phenoxy) is 10. The topological polar surface area (TPSA) is 218 Å². The van der Waals surface area contributed by atoms with Crippen LogP contribution in [0.4, 0.5) is 39.5 Å². The summed E-state index contributed by atoms with van der Waals surface area (Å²) in [5, 5.41) is 8.59. The van der Waals surface area contributed by atoms with Crippen molar-refractivity contribution in [1.82, 2.24) is 4.90 Å².